The molecule has 0 aromatic carbocycles. The van der Waals surface area contributed by atoms with E-state index in [1.54, 1.807) is 0 Å². The maximum Gasteiger partial charge on any atom is 0.0597 e. The third-order valence-electron chi connectivity index (χ3n) is 1.93. The lowest BCUT2D eigenvalue weighted by atomic mass is 10.3. The first kappa shape index (κ1) is 13.2. The van der Waals surface area contributed by atoms with Gasteiger partial charge in [0.15, 0.2) is 0 Å². The molecule has 2 nitrogen and oxygen atoms in total. The van der Waals surface area contributed by atoms with Gasteiger partial charge in [0.05, 0.1) is 12.7 Å². The third kappa shape index (κ3) is 7.29. The van der Waals surface area contributed by atoms with E-state index in [9.17, 15) is 0 Å². The Morgan fingerprint density at radius 2 is 1.77 bits per heavy atom. The maximum absolute atomic E-state index is 5.70. The number of halogens is 1. The van der Waals surface area contributed by atoms with Crippen molar-refractivity contribution in [2.45, 2.75) is 39.8 Å². The lowest BCUT2D eigenvalue weighted by Gasteiger charge is -2.25. The minimum Gasteiger partial charge on any atom is -0.377 e. The van der Waals surface area contributed by atoms with Crippen LogP contribution in [0.25, 0.3) is 0 Å². The average Bonchev–Trinajstić information content (AvgIpc) is 2.02. The van der Waals surface area contributed by atoms with Crippen LogP contribution in [-0.4, -0.2) is 42.6 Å². The minimum absolute atomic E-state index is 0.324. The summed E-state index contributed by atoms with van der Waals surface area (Å²) in [5.41, 5.74) is 0. The first-order chi connectivity index (χ1) is 6.07. The highest BCUT2D eigenvalue weighted by molar-refractivity contribution is 6.18. The Bertz CT molecular complexity index is 117. The van der Waals surface area contributed by atoms with Crippen LogP contribution < -0.4 is 0 Å². The van der Waals surface area contributed by atoms with Crippen LogP contribution in [0.15, 0.2) is 0 Å². The zero-order valence-electron chi connectivity index (χ0n) is 9.22. The molecular formula is C10H22ClNO. The van der Waals surface area contributed by atoms with Gasteiger partial charge < -0.3 is 4.74 Å². The van der Waals surface area contributed by atoms with Gasteiger partial charge in [-0.1, -0.05) is 0 Å². The smallest absolute Gasteiger partial charge is 0.0597 e. The normalized spacial score (nSPS) is 12.0. The number of hydrogen-bond acceptors (Lipinski definition) is 2. The van der Waals surface area contributed by atoms with Crippen LogP contribution in [0.2, 0.25) is 0 Å². The second kappa shape index (κ2) is 7.60. The molecule has 0 saturated carbocycles. The summed E-state index contributed by atoms with van der Waals surface area (Å²) >= 11 is 5.70. The Morgan fingerprint density at radius 1 is 1.15 bits per heavy atom. The predicted molar refractivity (Wildman–Crippen MR) is 58.5 cm³/mol. The lowest BCUT2D eigenvalue weighted by molar-refractivity contribution is 0.0539. The fraction of sp³-hybridized carbons (Fsp3) is 1.00. The second-order valence-corrected chi connectivity index (χ2v) is 4.12. The number of hydrogen-bond donors (Lipinski definition) is 0. The van der Waals surface area contributed by atoms with Crippen LogP contribution in [0.3, 0.4) is 0 Å². The molecule has 0 atom stereocenters. The van der Waals surface area contributed by atoms with Crippen molar-refractivity contribution < 1.29 is 4.74 Å². The number of alkyl halides is 1. The first-order valence-corrected chi connectivity index (χ1v) is 5.53. The van der Waals surface area contributed by atoms with E-state index in [1.165, 1.54) is 0 Å². The van der Waals surface area contributed by atoms with Crippen LogP contribution in [0.5, 0.6) is 0 Å². The Balaban J connectivity index is 3.57. The molecule has 0 heterocycles. The summed E-state index contributed by atoms with van der Waals surface area (Å²) in [6.45, 7) is 11.2. The quantitative estimate of drug-likeness (QED) is 0.595. The fourth-order valence-corrected chi connectivity index (χ4v) is 1.36. The molecule has 0 rings (SSSR count). The van der Waals surface area contributed by atoms with Crippen molar-refractivity contribution >= 4 is 11.6 Å². The molecule has 0 bridgehead atoms. The van der Waals surface area contributed by atoms with Crippen LogP contribution in [0.1, 0.15) is 27.7 Å². The van der Waals surface area contributed by atoms with Crippen molar-refractivity contribution in [3.05, 3.63) is 0 Å². The van der Waals surface area contributed by atoms with Gasteiger partial charge in [-0.2, -0.15) is 0 Å². The molecule has 0 N–H and O–H groups in total. The van der Waals surface area contributed by atoms with E-state index < -0.39 is 0 Å². The molecule has 0 spiro atoms. The van der Waals surface area contributed by atoms with Crippen LogP contribution in [-0.2, 0) is 4.74 Å². The molecule has 0 radical (unpaired) electrons. The molecule has 0 aromatic rings. The van der Waals surface area contributed by atoms with Gasteiger partial charge in [0.25, 0.3) is 0 Å². The molecule has 0 aliphatic heterocycles. The Kier molecular flexibility index (Phi) is 7.72. The topological polar surface area (TPSA) is 12.5 Å². The van der Waals surface area contributed by atoms with E-state index in [1.807, 2.05) is 0 Å². The molecule has 80 valence electrons. The molecule has 0 amide bonds. The molecule has 0 unspecified atom stereocenters. The van der Waals surface area contributed by atoms with E-state index in [0.29, 0.717) is 18.0 Å². The number of nitrogens with zero attached hydrogens (tertiary/aromatic N) is 1. The summed E-state index contributed by atoms with van der Waals surface area (Å²) in [4.78, 5) is 2.33. The van der Waals surface area contributed by atoms with Gasteiger partial charge in [-0.25, -0.2) is 0 Å². The van der Waals surface area contributed by atoms with Crippen molar-refractivity contribution in [3.63, 3.8) is 0 Å². The van der Waals surface area contributed by atoms with Crippen molar-refractivity contribution in [1.29, 1.82) is 0 Å². The van der Waals surface area contributed by atoms with E-state index in [4.69, 9.17) is 16.3 Å². The summed E-state index contributed by atoms with van der Waals surface area (Å²) in [7, 11) is 0. The zero-order chi connectivity index (χ0) is 10.3. The van der Waals surface area contributed by atoms with Crippen molar-refractivity contribution in [3.8, 4) is 0 Å². The summed E-state index contributed by atoms with van der Waals surface area (Å²) in [6, 6.07) is 0.550. The van der Waals surface area contributed by atoms with Gasteiger partial charge in [0.1, 0.15) is 0 Å². The fourth-order valence-electron chi connectivity index (χ4n) is 1.14. The Labute approximate surface area is 87.2 Å². The molecule has 0 aliphatic rings. The number of ether oxygens (including phenoxy) is 1. The Hall–Kier alpha value is 0.210. The minimum atomic E-state index is 0.324. The monoisotopic (exact) mass is 207 g/mol. The van der Waals surface area contributed by atoms with E-state index >= 15 is 0 Å². The van der Waals surface area contributed by atoms with E-state index in [2.05, 4.69) is 32.6 Å². The molecule has 13 heavy (non-hydrogen) atoms. The SMILES string of the molecule is CC(C)OCCN(CCCl)C(C)C. The molecular weight excluding hydrogens is 186 g/mol. The molecule has 3 heteroatoms. The van der Waals surface area contributed by atoms with Crippen molar-refractivity contribution in [2.75, 3.05) is 25.6 Å². The van der Waals surface area contributed by atoms with Gasteiger partial charge in [0.2, 0.25) is 0 Å². The first-order valence-electron chi connectivity index (χ1n) is 4.99. The van der Waals surface area contributed by atoms with Gasteiger partial charge in [-0.3, -0.25) is 4.90 Å². The van der Waals surface area contributed by atoms with E-state index in [0.717, 1.165) is 19.7 Å². The standard InChI is InChI=1S/C10H22ClNO/c1-9(2)12(6-5-11)7-8-13-10(3)4/h9-10H,5-8H2,1-4H3. The van der Waals surface area contributed by atoms with Crippen LogP contribution >= 0.6 is 11.6 Å². The van der Waals surface area contributed by atoms with Gasteiger partial charge in [0, 0.05) is 25.0 Å². The predicted octanol–water partition coefficient (Wildman–Crippen LogP) is 2.36. The van der Waals surface area contributed by atoms with Crippen molar-refractivity contribution in [2.24, 2.45) is 0 Å². The zero-order valence-corrected chi connectivity index (χ0v) is 9.97. The van der Waals surface area contributed by atoms with Crippen LogP contribution in [0.4, 0.5) is 0 Å². The maximum atomic E-state index is 5.70. The van der Waals surface area contributed by atoms with Gasteiger partial charge in [-0.05, 0) is 27.7 Å². The lowest BCUT2D eigenvalue weighted by Crippen LogP contribution is -2.35. The third-order valence-corrected chi connectivity index (χ3v) is 2.10. The summed E-state index contributed by atoms with van der Waals surface area (Å²) in [5, 5.41) is 0. The molecule has 0 fully saturated rings. The number of rotatable bonds is 7. The second-order valence-electron chi connectivity index (χ2n) is 3.74. The highest BCUT2D eigenvalue weighted by atomic mass is 35.5. The average molecular weight is 208 g/mol. The highest BCUT2D eigenvalue weighted by Crippen LogP contribution is 1.99. The summed E-state index contributed by atoms with van der Waals surface area (Å²) < 4.78 is 5.48. The van der Waals surface area contributed by atoms with Gasteiger partial charge >= 0.3 is 0 Å². The summed E-state index contributed by atoms with van der Waals surface area (Å²) in [5.74, 6) is 0.694. The summed E-state index contributed by atoms with van der Waals surface area (Å²) in [6.07, 6.45) is 0.324. The largest absolute Gasteiger partial charge is 0.377 e. The van der Waals surface area contributed by atoms with Gasteiger partial charge in [-0.15, -0.1) is 11.6 Å². The highest BCUT2D eigenvalue weighted by Gasteiger charge is 2.07. The Morgan fingerprint density at radius 3 is 2.15 bits per heavy atom. The molecule has 0 aliphatic carbocycles. The molecule has 0 saturated heterocycles. The molecule has 0 aromatic heterocycles. The van der Waals surface area contributed by atoms with Crippen molar-refractivity contribution in [1.82, 2.24) is 4.90 Å². The van der Waals surface area contributed by atoms with Crippen LogP contribution in [0, 0.1) is 0 Å². The van der Waals surface area contributed by atoms with E-state index in [-0.39, 0.29) is 0 Å².